The van der Waals surface area contributed by atoms with Crippen molar-refractivity contribution in [3.63, 3.8) is 0 Å². The maximum absolute atomic E-state index is 13.1. The largest absolute Gasteiger partial charge is 0.337 e. The molecule has 2 aromatic carbocycles. The summed E-state index contributed by atoms with van der Waals surface area (Å²) in [5.41, 5.74) is 3.84. The number of likely N-dealkylation sites (N-methyl/N-ethyl adjacent to an activating group) is 1. The average Bonchev–Trinajstić information content (AvgIpc) is 3.42. The van der Waals surface area contributed by atoms with Crippen molar-refractivity contribution in [1.29, 1.82) is 0 Å². The van der Waals surface area contributed by atoms with Crippen LogP contribution in [0.4, 0.5) is 0 Å². The molecule has 142 valence electrons. The maximum atomic E-state index is 13.1. The molecule has 28 heavy (non-hydrogen) atoms. The Morgan fingerprint density at radius 2 is 1.79 bits per heavy atom. The molecule has 0 aliphatic heterocycles. The number of carbonyl (C=O) groups excluding carboxylic acids is 1. The van der Waals surface area contributed by atoms with E-state index in [-0.39, 0.29) is 18.0 Å². The van der Waals surface area contributed by atoms with Gasteiger partial charge in [0, 0.05) is 7.05 Å². The lowest BCUT2D eigenvalue weighted by Gasteiger charge is -2.28. The molecule has 0 aliphatic carbocycles. The number of rotatable bonds is 5. The van der Waals surface area contributed by atoms with E-state index >= 15 is 0 Å². The van der Waals surface area contributed by atoms with Crippen LogP contribution in [0.2, 0.25) is 0 Å². The zero-order valence-electron chi connectivity index (χ0n) is 16.1. The Balaban J connectivity index is 1.52. The van der Waals surface area contributed by atoms with E-state index in [4.69, 9.17) is 0 Å². The fourth-order valence-electron chi connectivity index (χ4n) is 3.36. The first-order valence-corrected chi connectivity index (χ1v) is 9.19. The Bertz CT molecular complexity index is 1080. The van der Waals surface area contributed by atoms with Crippen molar-refractivity contribution in [2.24, 2.45) is 0 Å². The van der Waals surface area contributed by atoms with Gasteiger partial charge >= 0.3 is 0 Å². The molecule has 7 heteroatoms. The van der Waals surface area contributed by atoms with Gasteiger partial charge in [0.15, 0.2) is 0 Å². The SMILES string of the molecule is C[C@H](c1ccc(-n2cncn2)cc1)N(C)C(=O)[C@@H](C)n1cnc2ccccc21. The molecule has 0 spiro atoms. The predicted molar refractivity (Wildman–Crippen MR) is 107 cm³/mol. The Morgan fingerprint density at radius 1 is 1.04 bits per heavy atom. The van der Waals surface area contributed by atoms with Crippen molar-refractivity contribution in [1.82, 2.24) is 29.2 Å². The third kappa shape index (κ3) is 3.15. The lowest BCUT2D eigenvalue weighted by atomic mass is 10.1. The molecule has 0 aliphatic rings. The first-order chi connectivity index (χ1) is 13.6. The Kier molecular flexibility index (Phi) is 4.65. The average molecular weight is 374 g/mol. The normalized spacial score (nSPS) is 13.4. The fraction of sp³-hybridized carbons (Fsp3) is 0.238. The Labute approximate surface area is 163 Å². The molecule has 0 N–H and O–H groups in total. The molecule has 1 amide bonds. The van der Waals surface area contributed by atoms with Crippen LogP contribution >= 0.6 is 0 Å². The second-order valence-corrected chi connectivity index (χ2v) is 6.87. The van der Waals surface area contributed by atoms with Crippen molar-refractivity contribution in [2.45, 2.75) is 25.9 Å². The van der Waals surface area contributed by atoms with E-state index in [1.54, 1.807) is 22.2 Å². The van der Waals surface area contributed by atoms with Gasteiger partial charge in [-0.3, -0.25) is 4.79 Å². The summed E-state index contributed by atoms with van der Waals surface area (Å²) in [6.07, 6.45) is 4.90. The minimum Gasteiger partial charge on any atom is -0.337 e. The van der Waals surface area contributed by atoms with Gasteiger partial charge in [-0.2, -0.15) is 5.10 Å². The number of benzene rings is 2. The van der Waals surface area contributed by atoms with Crippen molar-refractivity contribution in [2.75, 3.05) is 7.05 Å². The predicted octanol–water partition coefficient (Wildman–Crippen LogP) is 3.40. The second kappa shape index (κ2) is 7.26. The second-order valence-electron chi connectivity index (χ2n) is 6.87. The number of imidazole rings is 1. The number of hydrogen-bond donors (Lipinski definition) is 0. The van der Waals surface area contributed by atoms with Gasteiger partial charge in [-0.1, -0.05) is 24.3 Å². The highest BCUT2D eigenvalue weighted by molar-refractivity contribution is 5.83. The third-order valence-corrected chi connectivity index (χ3v) is 5.24. The Morgan fingerprint density at radius 3 is 2.50 bits per heavy atom. The summed E-state index contributed by atoms with van der Waals surface area (Å²) >= 11 is 0. The van der Waals surface area contributed by atoms with E-state index in [0.29, 0.717) is 0 Å². The third-order valence-electron chi connectivity index (χ3n) is 5.24. The number of amides is 1. The molecule has 0 radical (unpaired) electrons. The van der Waals surface area contributed by atoms with Gasteiger partial charge in [0.05, 0.1) is 29.1 Å². The van der Waals surface area contributed by atoms with Crippen LogP contribution in [-0.4, -0.2) is 42.2 Å². The zero-order chi connectivity index (χ0) is 19.7. The van der Waals surface area contributed by atoms with Gasteiger partial charge in [-0.05, 0) is 43.7 Å². The van der Waals surface area contributed by atoms with Crippen LogP contribution in [0.3, 0.4) is 0 Å². The van der Waals surface area contributed by atoms with E-state index in [1.807, 2.05) is 74.0 Å². The summed E-state index contributed by atoms with van der Waals surface area (Å²) in [7, 11) is 1.84. The summed E-state index contributed by atoms with van der Waals surface area (Å²) in [6, 6.07) is 15.4. The summed E-state index contributed by atoms with van der Waals surface area (Å²) in [5.74, 6) is 0.0380. The summed E-state index contributed by atoms with van der Waals surface area (Å²) in [5, 5.41) is 4.13. The molecule has 2 heterocycles. The van der Waals surface area contributed by atoms with Crippen LogP contribution in [-0.2, 0) is 4.79 Å². The molecule has 0 saturated heterocycles. The van der Waals surface area contributed by atoms with Gasteiger partial charge in [-0.15, -0.1) is 0 Å². The first-order valence-electron chi connectivity index (χ1n) is 9.19. The van der Waals surface area contributed by atoms with Crippen LogP contribution in [0.25, 0.3) is 16.7 Å². The van der Waals surface area contributed by atoms with Gasteiger partial charge in [0.2, 0.25) is 5.91 Å². The van der Waals surface area contributed by atoms with E-state index in [1.165, 1.54) is 6.33 Å². The molecule has 0 saturated carbocycles. The minimum atomic E-state index is -0.339. The molecule has 2 aromatic heterocycles. The van der Waals surface area contributed by atoms with Gasteiger partial charge in [0.1, 0.15) is 18.7 Å². The lowest BCUT2D eigenvalue weighted by Crippen LogP contribution is -2.35. The smallest absolute Gasteiger partial charge is 0.245 e. The topological polar surface area (TPSA) is 68.8 Å². The van der Waals surface area contributed by atoms with Crippen LogP contribution in [0.1, 0.15) is 31.5 Å². The van der Waals surface area contributed by atoms with Crippen LogP contribution < -0.4 is 0 Å². The monoisotopic (exact) mass is 374 g/mol. The molecule has 0 unspecified atom stereocenters. The maximum Gasteiger partial charge on any atom is 0.245 e. The number of aromatic nitrogens is 5. The van der Waals surface area contributed by atoms with E-state index in [0.717, 1.165) is 22.3 Å². The molecule has 2 atom stereocenters. The van der Waals surface area contributed by atoms with Gasteiger partial charge in [0.25, 0.3) is 0 Å². The minimum absolute atomic E-state index is 0.0380. The van der Waals surface area contributed by atoms with Crippen LogP contribution in [0.5, 0.6) is 0 Å². The molecular formula is C21H22N6O. The molecule has 4 aromatic rings. The highest BCUT2D eigenvalue weighted by Crippen LogP contribution is 2.25. The number of para-hydroxylation sites is 2. The highest BCUT2D eigenvalue weighted by Gasteiger charge is 2.24. The van der Waals surface area contributed by atoms with E-state index < -0.39 is 0 Å². The Hall–Kier alpha value is -3.48. The summed E-state index contributed by atoms with van der Waals surface area (Å²) in [6.45, 7) is 3.94. The number of carbonyl (C=O) groups is 1. The zero-order valence-corrected chi connectivity index (χ0v) is 16.1. The number of hydrogen-bond acceptors (Lipinski definition) is 4. The first kappa shape index (κ1) is 17.9. The summed E-state index contributed by atoms with van der Waals surface area (Å²) < 4.78 is 3.63. The quantitative estimate of drug-likeness (QED) is 0.537. The molecule has 4 rings (SSSR count). The number of nitrogens with zero attached hydrogens (tertiary/aromatic N) is 6. The lowest BCUT2D eigenvalue weighted by molar-refractivity contribution is -0.134. The van der Waals surface area contributed by atoms with Crippen molar-refractivity contribution in [3.8, 4) is 5.69 Å². The molecule has 7 nitrogen and oxygen atoms in total. The van der Waals surface area contributed by atoms with Crippen molar-refractivity contribution < 1.29 is 4.79 Å². The standard InChI is InChI=1S/C21H22N6O/c1-15(17-8-10-18(11-9-17)27-13-22-12-24-27)25(3)21(28)16(2)26-14-23-19-6-4-5-7-20(19)26/h4-16H,1-3H3/t15-,16-/m1/s1. The van der Waals surface area contributed by atoms with Crippen molar-refractivity contribution in [3.05, 3.63) is 73.1 Å². The molecule has 0 bridgehead atoms. The van der Waals surface area contributed by atoms with Crippen molar-refractivity contribution >= 4 is 16.9 Å². The van der Waals surface area contributed by atoms with Crippen LogP contribution in [0, 0.1) is 0 Å². The summed E-state index contributed by atoms with van der Waals surface area (Å²) in [4.78, 5) is 23.3. The van der Waals surface area contributed by atoms with E-state index in [2.05, 4.69) is 15.1 Å². The van der Waals surface area contributed by atoms with Crippen LogP contribution in [0.15, 0.2) is 67.5 Å². The van der Waals surface area contributed by atoms with Gasteiger partial charge in [-0.25, -0.2) is 14.6 Å². The number of fused-ring (bicyclic) bond motifs is 1. The van der Waals surface area contributed by atoms with E-state index in [9.17, 15) is 4.79 Å². The fourth-order valence-corrected chi connectivity index (χ4v) is 3.36. The molecule has 0 fully saturated rings. The highest BCUT2D eigenvalue weighted by atomic mass is 16.2. The van der Waals surface area contributed by atoms with Gasteiger partial charge < -0.3 is 9.47 Å². The molecular weight excluding hydrogens is 352 g/mol.